The van der Waals surface area contributed by atoms with Gasteiger partial charge < -0.3 is 14.2 Å². The molecule has 0 N–H and O–H groups in total. The minimum atomic E-state index is -0.832. The van der Waals surface area contributed by atoms with E-state index in [0.717, 1.165) is 161 Å². The molecule has 0 fully saturated rings. The summed E-state index contributed by atoms with van der Waals surface area (Å²) in [6.07, 6.45) is 101. The van der Waals surface area contributed by atoms with Crippen LogP contribution in [-0.4, -0.2) is 37.2 Å². The van der Waals surface area contributed by atoms with Crippen molar-refractivity contribution < 1.29 is 28.6 Å². The Morgan fingerprint density at radius 3 is 0.716 bits per heavy atom. The van der Waals surface area contributed by atoms with Gasteiger partial charge in [-0.25, -0.2) is 0 Å². The first-order valence-electron chi connectivity index (χ1n) is 31.9. The minimum absolute atomic E-state index is 0.127. The summed E-state index contributed by atoms with van der Waals surface area (Å²) < 4.78 is 16.8. The van der Waals surface area contributed by atoms with Crippen LogP contribution in [0.1, 0.15) is 239 Å². The van der Waals surface area contributed by atoms with Gasteiger partial charge in [0.25, 0.3) is 0 Å². The molecule has 0 aromatic carbocycles. The zero-order valence-electron chi connectivity index (χ0n) is 51.5. The maximum atomic E-state index is 12.9. The normalized spacial score (nSPS) is 13.5. The molecule has 0 aliphatic heterocycles. The van der Waals surface area contributed by atoms with Crippen molar-refractivity contribution in [1.82, 2.24) is 0 Å². The Morgan fingerprint density at radius 2 is 0.444 bits per heavy atom. The first-order valence-corrected chi connectivity index (χ1v) is 31.9. The van der Waals surface area contributed by atoms with Crippen molar-refractivity contribution >= 4 is 17.9 Å². The van der Waals surface area contributed by atoms with Crippen molar-refractivity contribution in [3.05, 3.63) is 194 Å². The van der Waals surface area contributed by atoms with Crippen molar-refractivity contribution in [3.63, 3.8) is 0 Å². The quantitative estimate of drug-likeness (QED) is 0.0261. The second-order valence-electron chi connectivity index (χ2n) is 20.2. The van der Waals surface area contributed by atoms with E-state index in [1.54, 1.807) is 0 Å². The van der Waals surface area contributed by atoms with Gasteiger partial charge in [-0.05, 0) is 161 Å². The summed E-state index contributed by atoms with van der Waals surface area (Å²) in [6.45, 7) is 6.20. The van der Waals surface area contributed by atoms with Crippen LogP contribution in [0.4, 0.5) is 0 Å². The molecule has 6 heteroatoms. The Hall–Kier alpha value is -5.75. The second-order valence-corrected chi connectivity index (χ2v) is 20.2. The van der Waals surface area contributed by atoms with Crippen LogP contribution < -0.4 is 0 Å². The Bertz CT molecular complexity index is 1950. The number of rotatable bonds is 55. The third-order valence-corrected chi connectivity index (χ3v) is 12.6. The average molecular weight is 1110 g/mol. The molecule has 0 amide bonds. The summed E-state index contributed by atoms with van der Waals surface area (Å²) in [5.41, 5.74) is 0. The molecular weight excluding hydrogens is 997 g/mol. The van der Waals surface area contributed by atoms with Gasteiger partial charge in [-0.1, -0.05) is 254 Å². The standard InChI is InChI=1S/C75H114O6/c1-4-7-10-13-16-19-22-25-28-30-32-34-35-36-37-38-39-41-42-44-47-50-53-56-59-62-65-68-74(77)80-71-72(70-79-73(76)67-64-61-58-55-52-49-46-27-24-21-18-15-12-9-6-3)81-75(78)69-66-63-60-57-54-51-48-45-43-40-33-31-29-26-23-20-17-14-11-8-5-2/h7-12,16-21,25-29,32-34,36-37,39-41,44,46-47,52-53,55-56,72H,4-6,13-15,22-24,30-31,35,38,42-43,45,48-51,54,57-71H2,1-3H3/b10-7-,11-8-,12-9-,19-16-,20-17-,21-18-,28-25-,29-26-,34-32-,37-36-,40-33-,41-39-,46-27-,47-44-,55-52-,56-53-. The molecule has 0 spiro atoms. The number of carbonyl (C=O) groups is 3. The number of hydrogen-bond acceptors (Lipinski definition) is 6. The summed E-state index contributed by atoms with van der Waals surface area (Å²) in [5.74, 6) is -1.03. The Kier molecular flexibility index (Phi) is 62.0. The van der Waals surface area contributed by atoms with Gasteiger partial charge in [0, 0.05) is 19.3 Å². The third-order valence-electron chi connectivity index (χ3n) is 12.6. The fraction of sp³-hybridized carbons (Fsp3) is 0.533. The molecule has 0 aromatic rings. The summed E-state index contributed by atoms with van der Waals surface area (Å²) in [6, 6.07) is 0. The molecule has 0 aliphatic rings. The van der Waals surface area contributed by atoms with Gasteiger partial charge in [0.2, 0.25) is 0 Å². The van der Waals surface area contributed by atoms with E-state index in [1.165, 1.54) is 25.7 Å². The van der Waals surface area contributed by atoms with E-state index in [-0.39, 0.29) is 50.4 Å². The average Bonchev–Trinajstić information content (AvgIpc) is 3.47. The van der Waals surface area contributed by atoms with E-state index in [0.29, 0.717) is 12.8 Å². The molecule has 6 nitrogen and oxygen atoms in total. The predicted octanol–water partition coefficient (Wildman–Crippen LogP) is 22.2. The molecule has 81 heavy (non-hydrogen) atoms. The molecule has 1 unspecified atom stereocenters. The minimum Gasteiger partial charge on any atom is -0.462 e. The topological polar surface area (TPSA) is 78.9 Å². The van der Waals surface area contributed by atoms with E-state index in [2.05, 4.69) is 215 Å². The van der Waals surface area contributed by atoms with Crippen LogP contribution in [0.5, 0.6) is 0 Å². The van der Waals surface area contributed by atoms with Crippen LogP contribution in [0.25, 0.3) is 0 Å². The van der Waals surface area contributed by atoms with Crippen molar-refractivity contribution in [2.24, 2.45) is 0 Å². The van der Waals surface area contributed by atoms with E-state index < -0.39 is 6.10 Å². The smallest absolute Gasteiger partial charge is 0.306 e. The fourth-order valence-corrected chi connectivity index (χ4v) is 7.91. The Labute approximate surface area is 497 Å². The lowest BCUT2D eigenvalue weighted by atomic mass is 10.1. The van der Waals surface area contributed by atoms with Crippen LogP contribution in [-0.2, 0) is 28.6 Å². The van der Waals surface area contributed by atoms with Gasteiger partial charge in [0.1, 0.15) is 13.2 Å². The van der Waals surface area contributed by atoms with Crippen molar-refractivity contribution in [2.75, 3.05) is 13.2 Å². The molecule has 0 heterocycles. The summed E-state index contributed by atoms with van der Waals surface area (Å²) >= 11 is 0. The Morgan fingerprint density at radius 1 is 0.247 bits per heavy atom. The van der Waals surface area contributed by atoms with Gasteiger partial charge in [-0.2, -0.15) is 0 Å². The highest BCUT2D eigenvalue weighted by molar-refractivity contribution is 5.71. The van der Waals surface area contributed by atoms with Crippen LogP contribution in [0.2, 0.25) is 0 Å². The van der Waals surface area contributed by atoms with Gasteiger partial charge in [-0.15, -0.1) is 0 Å². The van der Waals surface area contributed by atoms with Gasteiger partial charge in [0.15, 0.2) is 6.10 Å². The third kappa shape index (κ3) is 64.9. The number of esters is 3. The molecular formula is C75H114O6. The lowest BCUT2D eigenvalue weighted by molar-refractivity contribution is -0.167. The van der Waals surface area contributed by atoms with Crippen molar-refractivity contribution in [1.29, 1.82) is 0 Å². The van der Waals surface area contributed by atoms with E-state index in [9.17, 15) is 14.4 Å². The van der Waals surface area contributed by atoms with Gasteiger partial charge in [-0.3, -0.25) is 14.4 Å². The number of hydrogen-bond donors (Lipinski definition) is 0. The van der Waals surface area contributed by atoms with E-state index >= 15 is 0 Å². The molecule has 450 valence electrons. The SMILES string of the molecule is CC/C=C\C/C=C\C/C=C\C/C=C\C/C=C\C/C=C\C/C=C\C/C=C\CCCCC(=O)OCC(COC(=O)CCCC/C=C\C/C=C\C/C=C\C/C=C\CC)OC(=O)CCCCCCCCCC/C=C\C/C=C\C/C=C\C/C=C\CC. The van der Waals surface area contributed by atoms with Crippen molar-refractivity contribution in [2.45, 2.75) is 245 Å². The molecule has 0 aromatic heterocycles. The van der Waals surface area contributed by atoms with Gasteiger partial charge >= 0.3 is 17.9 Å². The molecule has 0 saturated heterocycles. The maximum Gasteiger partial charge on any atom is 0.306 e. The molecule has 1 atom stereocenters. The highest BCUT2D eigenvalue weighted by Crippen LogP contribution is 2.13. The predicted molar refractivity (Wildman–Crippen MR) is 352 cm³/mol. The molecule has 0 rings (SSSR count). The summed E-state index contributed by atoms with van der Waals surface area (Å²) in [7, 11) is 0. The van der Waals surface area contributed by atoms with Crippen LogP contribution in [0, 0.1) is 0 Å². The van der Waals surface area contributed by atoms with E-state index in [1.807, 2.05) is 0 Å². The van der Waals surface area contributed by atoms with E-state index in [4.69, 9.17) is 14.2 Å². The zero-order chi connectivity index (χ0) is 58.5. The molecule has 0 aliphatic carbocycles. The lowest BCUT2D eigenvalue weighted by Crippen LogP contribution is -2.30. The van der Waals surface area contributed by atoms with Crippen LogP contribution in [0.15, 0.2) is 194 Å². The van der Waals surface area contributed by atoms with Crippen LogP contribution in [0.3, 0.4) is 0 Å². The number of carbonyl (C=O) groups excluding carboxylic acids is 3. The van der Waals surface area contributed by atoms with Crippen LogP contribution >= 0.6 is 0 Å². The number of allylic oxidation sites excluding steroid dienone is 32. The monoisotopic (exact) mass is 1110 g/mol. The van der Waals surface area contributed by atoms with Gasteiger partial charge in [0.05, 0.1) is 0 Å². The summed E-state index contributed by atoms with van der Waals surface area (Å²) in [5, 5.41) is 0. The number of unbranched alkanes of at least 4 members (excludes halogenated alkanes) is 12. The Balaban J connectivity index is 4.55. The fourth-order valence-electron chi connectivity index (χ4n) is 7.91. The highest BCUT2D eigenvalue weighted by Gasteiger charge is 2.19. The molecule has 0 bridgehead atoms. The molecule has 0 saturated carbocycles. The maximum absolute atomic E-state index is 12.9. The second kappa shape index (κ2) is 66.8. The summed E-state index contributed by atoms with van der Waals surface area (Å²) in [4.78, 5) is 38.3. The first kappa shape index (κ1) is 75.2. The molecule has 0 radical (unpaired) electrons. The van der Waals surface area contributed by atoms with Crippen molar-refractivity contribution in [3.8, 4) is 0 Å². The number of ether oxygens (including phenoxy) is 3. The zero-order valence-corrected chi connectivity index (χ0v) is 51.5. The highest BCUT2D eigenvalue weighted by atomic mass is 16.6. The first-order chi connectivity index (χ1) is 40.0. The lowest BCUT2D eigenvalue weighted by Gasteiger charge is -2.18. The largest absolute Gasteiger partial charge is 0.462 e.